The zero-order valence-electron chi connectivity index (χ0n) is 16.2. The van der Waals surface area contributed by atoms with Crippen LogP contribution in [0.2, 0.25) is 5.02 Å². The first kappa shape index (κ1) is 19.7. The third-order valence-electron chi connectivity index (χ3n) is 5.90. The highest BCUT2D eigenvalue weighted by Gasteiger charge is 2.52. The molecule has 29 heavy (non-hydrogen) atoms. The van der Waals surface area contributed by atoms with Crippen molar-refractivity contribution in [2.24, 2.45) is 5.92 Å². The molecular formula is C22H24ClN3O3. The van der Waals surface area contributed by atoms with Crippen LogP contribution >= 0.6 is 11.6 Å². The summed E-state index contributed by atoms with van der Waals surface area (Å²) in [5.74, 6) is -0.290. The molecule has 4 rings (SSSR count). The van der Waals surface area contributed by atoms with Gasteiger partial charge in [0.15, 0.2) is 0 Å². The number of anilines is 2. The van der Waals surface area contributed by atoms with Gasteiger partial charge >= 0.3 is 6.03 Å². The van der Waals surface area contributed by atoms with Gasteiger partial charge in [0.2, 0.25) is 0 Å². The number of para-hydroxylation sites is 1. The Balaban J connectivity index is 1.78. The van der Waals surface area contributed by atoms with Gasteiger partial charge in [0.25, 0.3) is 11.6 Å². The zero-order chi connectivity index (χ0) is 20.6. The van der Waals surface area contributed by atoms with Crippen molar-refractivity contribution in [1.82, 2.24) is 5.32 Å². The van der Waals surface area contributed by atoms with Gasteiger partial charge in [-0.1, -0.05) is 49.6 Å². The van der Waals surface area contributed by atoms with E-state index in [0.29, 0.717) is 27.9 Å². The van der Waals surface area contributed by atoms with Gasteiger partial charge in [0, 0.05) is 22.3 Å². The predicted molar refractivity (Wildman–Crippen MR) is 113 cm³/mol. The smallest absolute Gasteiger partial charge is 0.329 e. The first-order valence-corrected chi connectivity index (χ1v) is 10.3. The molecular weight excluding hydrogens is 390 g/mol. The van der Waals surface area contributed by atoms with Crippen LogP contribution in [-0.4, -0.2) is 23.1 Å². The fraction of sp³-hybridized carbons (Fsp3) is 0.364. The van der Waals surface area contributed by atoms with Crippen LogP contribution in [0.5, 0.6) is 0 Å². The molecule has 2 aliphatic rings. The molecule has 3 amide bonds. The quantitative estimate of drug-likeness (QED) is 0.704. The summed E-state index contributed by atoms with van der Waals surface area (Å²) < 4.78 is 0. The second-order valence-electron chi connectivity index (χ2n) is 7.80. The Hall–Kier alpha value is -2.57. The number of hydrogen-bond donors (Lipinski definition) is 3. The fourth-order valence-electron chi connectivity index (χ4n) is 4.25. The minimum Gasteiger partial charge on any atom is -0.359 e. The number of urea groups is 1. The van der Waals surface area contributed by atoms with Crippen LogP contribution in [0.25, 0.3) is 0 Å². The predicted octanol–water partition coefficient (Wildman–Crippen LogP) is 4.23. The highest BCUT2D eigenvalue weighted by atomic mass is 35.5. The van der Waals surface area contributed by atoms with E-state index < -0.39 is 17.7 Å². The van der Waals surface area contributed by atoms with Crippen LogP contribution in [-0.2, 0) is 10.5 Å². The Kier molecular flexibility index (Phi) is 5.23. The van der Waals surface area contributed by atoms with Gasteiger partial charge in [-0.15, -0.1) is 0 Å². The molecule has 0 saturated heterocycles. The number of amides is 3. The molecule has 0 aromatic heterocycles. The summed E-state index contributed by atoms with van der Waals surface area (Å²) in [4.78, 5) is 27.5. The molecule has 3 N–H and O–H groups in total. The number of aliphatic hydroxyl groups is 1. The summed E-state index contributed by atoms with van der Waals surface area (Å²) >= 11 is 5.99. The van der Waals surface area contributed by atoms with Crippen LogP contribution in [0.3, 0.4) is 0 Å². The largest absolute Gasteiger partial charge is 0.359 e. The van der Waals surface area contributed by atoms with Gasteiger partial charge in [-0.25, -0.2) is 4.79 Å². The molecule has 1 saturated carbocycles. The molecule has 0 bridgehead atoms. The summed E-state index contributed by atoms with van der Waals surface area (Å²) in [6.07, 6.45) is 4.06. The highest BCUT2D eigenvalue weighted by Crippen LogP contribution is 2.40. The van der Waals surface area contributed by atoms with Crippen molar-refractivity contribution in [1.29, 1.82) is 0 Å². The minimum absolute atomic E-state index is 0.0375. The van der Waals surface area contributed by atoms with E-state index in [1.165, 1.54) is 0 Å². The van der Waals surface area contributed by atoms with E-state index in [-0.39, 0.29) is 6.04 Å². The monoisotopic (exact) mass is 413 g/mol. The van der Waals surface area contributed by atoms with Crippen molar-refractivity contribution in [3.8, 4) is 0 Å². The second-order valence-corrected chi connectivity index (χ2v) is 8.24. The summed E-state index contributed by atoms with van der Waals surface area (Å²) in [6.45, 7) is 2.10. The van der Waals surface area contributed by atoms with Crippen LogP contribution < -0.4 is 15.5 Å². The SMILES string of the molecule is C[C@@H]1CCCC[C@H]1NC(=O)[C@]1(O)c2ccccc2NC(=O)N1c1ccc(Cl)cc1. The maximum atomic E-state index is 13.5. The molecule has 1 aliphatic carbocycles. The molecule has 1 aliphatic heterocycles. The van der Waals surface area contributed by atoms with Crippen molar-refractivity contribution in [2.45, 2.75) is 44.4 Å². The van der Waals surface area contributed by atoms with Gasteiger partial charge in [-0.05, 0) is 49.1 Å². The van der Waals surface area contributed by atoms with Crippen LogP contribution in [0, 0.1) is 5.92 Å². The molecule has 0 radical (unpaired) electrons. The van der Waals surface area contributed by atoms with Crippen molar-refractivity contribution in [2.75, 3.05) is 10.2 Å². The second kappa shape index (κ2) is 7.69. The molecule has 6 nitrogen and oxygen atoms in total. The van der Waals surface area contributed by atoms with Crippen molar-refractivity contribution >= 4 is 34.9 Å². The van der Waals surface area contributed by atoms with Gasteiger partial charge in [-0.3, -0.25) is 9.69 Å². The Morgan fingerprint density at radius 2 is 1.86 bits per heavy atom. The number of fused-ring (bicyclic) bond motifs is 1. The lowest BCUT2D eigenvalue weighted by molar-refractivity contribution is -0.141. The number of carbonyl (C=O) groups excluding carboxylic acids is 2. The van der Waals surface area contributed by atoms with E-state index in [2.05, 4.69) is 17.6 Å². The summed E-state index contributed by atoms with van der Waals surface area (Å²) in [5, 5.41) is 18.1. The van der Waals surface area contributed by atoms with Crippen molar-refractivity contribution in [3.63, 3.8) is 0 Å². The van der Waals surface area contributed by atoms with Gasteiger partial charge in [0.05, 0.1) is 5.69 Å². The Bertz CT molecular complexity index is 933. The first-order chi connectivity index (χ1) is 13.9. The molecule has 0 unspecified atom stereocenters. The van der Waals surface area contributed by atoms with E-state index in [0.717, 1.165) is 30.6 Å². The Labute approximate surface area is 174 Å². The maximum absolute atomic E-state index is 13.5. The lowest BCUT2D eigenvalue weighted by atomic mass is 9.85. The average molecular weight is 414 g/mol. The number of rotatable bonds is 3. The molecule has 2 aromatic rings. The van der Waals surface area contributed by atoms with Crippen molar-refractivity contribution < 1.29 is 14.7 Å². The lowest BCUT2D eigenvalue weighted by Gasteiger charge is -2.44. The summed E-state index contributed by atoms with van der Waals surface area (Å²) in [5.41, 5.74) is -1.06. The van der Waals surface area contributed by atoms with E-state index in [4.69, 9.17) is 11.6 Å². The molecule has 1 heterocycles. The number of halogens is 1. The zero-order valence-corrected chi connectivity index (χ0v) is 16.9. The fourth-order valence-corrected chi connectivity index (χ4v) is 4.38. The molecule has 0 spiro atoms. The molecule has 152 valence electrons. The topological polar surface area (TPSA) is 81.7 Å². The number of benzene rings is 2. The van der Waals surface area contributed by atoms with E-state index in [1.807, 2.05) is 0 Å². The minimum atomic E-state index is -2.18. The average Bonchev–Trinajstić information content (AvgIpc) is 2.71. The van der Waals surface area contributed by atoms with Gasteiger partial charge in [-0.2, -0.15) is 0 Å². The first-order valence-electron chi connectivity index (χ1n) is 9.91. The van der Waals surface area contributed by atoms with E-state index in [1.54, 1.807) is 48.5 Å². The summed E-state index contributed by atoms with van der Waals surface area (Å²) in [7, 11) is 0. The number of hydrogen-bond acceptors (Lipinski definition) is 3. The third-order valence-corrected chi connectivity index (χ3v) is 6.15. The molecule has 7 heteroatoms. The molecule has 3 atom stereocenters. The van der Waals surface area contributed by atoms with Crippen LogP contribution in [0.4, 0.5) is 16.2 Å². The number of nitrogens with one attached hydrogen (secondary N) is 2. The van der Waals surface area contributed by atoms with Gasteiger partial charge < -0.3 is 15.7 Å². The van der Waals surface area contributed by atoms with Gasteiger partial charge in [0.1, 0.15) is 0 Å². The molecule has 1 fully saturated rings. The normalized spacial score (nSPS) is 26.4. The number of nitrogens with zero attached hydrogens (tertiary/aromatic N) is 1. The van der Waals surface area contributed by atoms with E-state index in [9.17, 15) is 14.7 Å². The van der Waals surface area contributed by atoms with Crippen molar-refractivity contribution in [3.05, 3.63) is 59.1 Å². The Morgan fingerprint density at radius 3 is 2.59 bits per heavy atom. The third kappa shape index (κ3) is 3.47. The van der Waals surface area contributed by atoms with Crippen LogP contribution in [0.1, 0.15) is 38.2 Å². The lowest BCUT2D eigenvalue weighted by Crippen LogP contribution is -2.64. The van der Waals surface area contributed by atoms with Crippen LogP contribution in [0.15, 0.2) is 48.5 Å². The van der Waals surface area contributed by atoms with E-state index >= 15 is 0 Å². The number of carbonyl (C=O) groups is 2. The maximum Gasteiger partial charge on any atom is 0.329 e. The standard InChI is InChI=1S/C22H24ClN3O3/c1-14-6-2-4-8-18(14)24-20(27)22(29)17-7-3-5-9-19(17)25-21(28)26(22)16-12-10-15(23)11-13-16/h3,5,7,9-14,18,29H,2,4,6,8H2,1H3,(H,24,27)(H,25,28)/t14-,18-,22-/m1/s1. The Morgan fingerprint density at radius 1 is 1.17 bits per heavy atom. The highest BCUT2D eigenvalue weighted by molar-refractivity contribution is 6.30. The summed E-state index contributed by atoms with van der Waals surface area (Å²) in [6, 6.07) is 12.6. The molecule has 2 aromatic carbocycles.